The molecule has 21 heavy (non-hydrogen) atoms. The van der Waals surface area contributed by atoms with Crippen LogP contribution in [0.15, 0.2) is 23.1 Å². The number of hydrogen-bond donors (Lipinski definition) is 1. The predicted octanol–water partition coefficient (Wildman–Crippen LogP) is 1.53. The third kappa shape index (κ3) is 3.59. The Hall–Kier alpha value is -1.04. The standard InChI is InChI=1S/C16H22N2O2S/c19-12-18-7-5-17(6-8-18)11-15(20)13-3-4-16-14(10-13)2-1-9-21-16/h3-4,10,12,15,20H,1-2,5-9,11H2. The van der Waals surface area contributed by atoms with Gasteiger partial charge in [-0.3, -0.25) is 9.69 Å². The van der Waals surface area contributed by atoms with Crippen molar-refractivity contribution in [3.63, 3.8) is 0 Å². The number of nitrogens with zero attached hydrogens (tertiary/aromatic N) is 2. The van der Waals surface area contributed by atoms with Gasteiger partial charge in [0.25, 0.3) is 0 Å². The number of aliphatic hydroxyl groups excluding tert-OH is 1. The molecule has 2 aliphatic heterocycles. The van der Waals surface area contributed by atoms with Crippen molar-refractivity contribution in [2.45, 2.75) is 23.8 Å². The quantitative estimate of drug-likeness (QED) is 0.857. The maximum Gasteiger partial charge on any atom is 0.209 e. The maximum atomic E-state index is 10.7. The summed E-state index contributed by atoms with van der Waals surface area (Å²) in [7, 11) is 0. The number of carbonyl (C=O) groups excluding carboxylic acids is 1. The largest absolute Gasteiger partial charge is 0.387 e. The Labute approximate surface area is 130 Å². The fourth-order valence-electron chi connectivity index (χ4n) is 2.99. The first kappa shape index (κ1) is 14.9. The van der Waals surface area contributed by atoms with Crippen LogP contribution in [0.4, 0.5) is 0 Å². The van der Waals surface area contributed by atoms with E-state index in [0.717, 1.165) is 44.6 Å². The molecule has 4 nitrogen and oxygen atoms in total. The molecule has 2 heterocycles. The summed E-state index contributed by atoms with van der Waals surface area (Å²) in [4.78, 5) is 16.1. The van der Waals surface area contributed by atoms with Crippen LogP contribution in [0.1, 0.15) is 23.7 Å². The van der Waals surface area contributed by atoms with Crippen LogP contribution >= 0.6 is 11.8 Å². The van der Waals surface area contributed by atoms with Crippen LogP contribution in [0, 0.1) is 0 Å². The van der Waals surface area contributed by atoms with E-state index in [-0.39, 0.29) is 0 Å². The average Bonchev–Trinajstić information content (AvgIpc) is 2.55. The van der Waals surface area contributed by atoms with Crippen LogP contribution in [-0.4, -0.2) is 59.8 Å². The fourth-order valence-corrected chi connectivity index (χ4v) is 4.01. The topological polar surface area (TPSA) is 43.8 Å². The van der Waals surface area contributed by atoms with E-state index in [1.807, 2.05) is 11.8 Å². The van der Waals surface area contributed by atoms with Crippen molar-refractivity contribution in [3.05, 3.63) is 29.3 Å². The highest BCUT2D eigenvalue weighted by Crippen LogP contribution is 2.31. The van der Waals surface area contributed by atoms with E-state index in [4.69, 9.17) is 0 Å². The summed E-state index contributed by atoms with van der Waals surface area (Å²) in [5, 5.41) is 10.5. The van der Waals surface area contributed by atoms with Gasteiger partial charge in [-0.2, -0.15) is 0 Å². The Bertz CT molecular complexity index is 501. The van der Waals surface area contributed by atoms with E-state index in [1.54, 1.807) is 4.90 Å². The van der Waals surface area contributed by atoms with Gasteiger partial charge >= 0.3 is 0 Å². The zero-order chi connectivity index (χ0) is 14.7. The number of hydrogen-bond acceptors (Lipinski definition) is 4. The van der Waals surface area contributed by atoms with Gasteiger partial charge in [0, 0.05) is 37.6 Å². The Morgan fingerprint density at radius 1 is 1.29 bits per heavy atom. The van der Waals surface area contributed by atoms with Crippen LogP contribution in [0.3, 0.4) is 0 Å². The number of fused-ring (bicyclic) bond motifs is 1. The molecule has 1 fully saturated rings. The highest BCUT2D eigenvalue weighted by Gasteiger charge is 2.20. The van der Waals surface area contributed by atoms with Crippen LogP contribution in [0.2, 0.25) is 0 Å². The zero-order valence-electron chi connectivity index (χ0n) is 12.2. The third-order valence-electron chi connectivity index (χ3n) is 4.30. The molecule has 0 aliphatic carbocycles. The molecule has 0 radical (unpaired) electrons. The Morgan fingerprint density at radius 2 is 2.10 bits per heavy atom. The molecule has 0 spiro atoms. The third-order valence-corrected chi connectivity index (χ3v) is 5.51. The van der Waals surface area contributed by atoms with E-state index in [1.165, 1.54) is 22.6 Å². The second kappa shape index (κ2) is 6.81. The average molecular weight is 306 g/mol. The molecule has 1 aromatic carbocycles. The van der Waals surface area contributed by atoms with Gasteiger partial charge in [0.05, 0.1) is 6.10 Å². The van der Waals surface area contributed by atoms with Crippen molar-refractivity contribution in [2.75, 3.05) is 38.5 Å². The second-order valence-electron chi connectivity index (χ2n) is 5.78. The van der Waals surface area contributed by atoms with Gasteiger partial charge in [0.2, 0.25) is 6.41 Å². The fraction of sp³-hybridized carbons (Fsp3) is 0.562. The number of aryl methyl sites for hydroxylation is 1. The minimum atomic E-state index is -0.440. The lowest BCUT2D eigenvalue weighted by Gasteiger charge is -2.33. The molecule has 1 amide bonds. The molecule has 1 aromatic rings. The summed E-state index contributed by atoms with van der Waals surface area (Å²) in [5.41, 5.74) is 2.41. The molecule has 0 saturated carbocycles. The molecule has 1 saturated heterocycles. The van der Waals surface area contributed by atoms with Crippen LogP contribution in [0.25, 0.3) is 0 Å². The number of benzene rings is 1. The maximum absolute atomic E-state index is 10.7. The van der Waals surface area contributed by atoms with Gasteiger partial charge in [-0.05, 0) is 35.8 Å². The highest BCUT2D eigenvalue weighted by atomic mass is 32.2. The summed E-state index contributed by atoms with van der Waals surface area (Å²) >= 11 is 1.92. The van der Waals surface area contributed by atoms with Crippen molar-refractivity contribution < 1.29 is 9.90 Å². The number of aliphatic hydroxyl groups is 1. The van der Waals surface area contributed by atoms with Gasteiger partial charge < -0.3 is 10.0 Å². The number of piperazine rings is 1. The SMILES string of the molecule is O=CN1CCN(CC(O)c2ccc3c(c2)CCCS3)CC1. The molecular formula is C16H22N2O2S. The summed E-state index contributed by atoms with van der Waals surface area (Å²) in [6, 6.07) is 6.39. The first-order valence-electron chi connectivity index (χ1n) is 7.61. The lowest BCUT2D eigenvalue weighted by Crippen LogP contribution is -2.46. The molecule has 114 valence electrons. The normalized spacial score (nSPS) is 20.9. The molecule has 0 bridgehead atoms. The van der Waals surface area contributed by atoms with E-state index in [9.17, 15) is 9.90 Å². The molecular weight excluding hydrogens is 284 g/mol. The second-order valence-corrected chi connectivity index (χ2v) is 6.91. The molecule has 1 atom stereocenters. The van der Waals surface area contributed by atoms with E-state index >= 15 is 0 Å². The highest BCUT2D eigenvalue weighted by molar-refractivity contribution is 7.99. The molecule has 0 aromatic heterocycles. The number of carbonyl (C=O) groups is 1. The number of thioether (sulfide) groups is 1. The van der Waals surface area contributed by atoms with E-state index < -0.39 is 6.10 Å². The Morgan fingerprint density at radius 3 is 2.86 bits per heavy atom. The first-order valence-corrected chi connectivity index (χ1v) is 8.60. The number of amides is 1. The first-order chi connectivity index (χ1) is 10.3. The monoisotopic (exact) mass is 306 g/mol. The predicted molar refractivity (Wildman–Crippen MR) is 84.5 cm³/mol. The van der Waals surface area contributed by atoms with Crippen LogP contribution in [0.5, 0.6) is 0 Å². The zero-order valence-corrected chi connectivity index (χ0v) is 13.0. The van der Waals surface area contributed by atoms with Crippen molar-refractivity contribution in [1.29, 1.82) is 0 Å². The van der Waals surface area contributed by atoms with Gasteiger partial charge in [0.15, 0.2) is 0 Å². The van der Waals surface area contributed by atoms with Gasteiger partial charge in [0.1, 0.15) is 0 Å². The molecule has 2 aliphatic rings. The van der Waals surface area contributed by atoms with Gasteiger partial charge in [-0.15, -0.1) is 11.8 Å². The van der Waals surface area contributed by atoms with Crippen molar-refractivity contribution in [3.8, 4) is 0 Å². The minimum Gasteiger partial charge on any atom is -0.387 e. The summed E-state index contributed by atoms with van der Waals surface area (Å²) in [6.45, 7) is 3.86. The van der Waals surface area contributed by atoms with Gasteiger partial charge in [-0.25, -0.2) is 0 Å². The van der Waals surface area contributed by atoms with Crippen LogP contribution < -0.4 is 0 Å². The van der Waals surface area contributed by atoms with E-state index in [0.29, 0.717) is 6.54 Å². The smallest absolute Gasteiger partial charge is 0.209 e. The van der Waals surface area contributed by atoms with Gasteiger partial charge in [-0.1, -0.05) is 12.1 Å². The number of β-amino-alcohol motifs (C(OH)–C–C–N with tert-alkyl or cyclic N) is 1. The molecule has 1 unspecified atom stereocenters. The minimum absolute atomic E-state index is 0.440. The van der Waals surface area contributed by atoms with Crippen molar-refractivity contribution in [2.24, 2.45) is 0 Å². The Kier molecular flexibility index (Phi) is 4.83. The summed E-state index contributed by atoms with van der Waals surface area (Å²) in [6.07, 6.45) is 2.82. The van der Waals surface area contributed by atoms with E-state index in [2.05, 4.69) is 23.1 Å². The molecule has 3 rings (SSSR count). The van der Waals surface area contributed by atoms with Crippen molar-refractivity contribution >= 4 is 18.2 Å². The van der Waals surface area contributed by atoms with Crippen LogP contribution in [-0.2, 0) is 11.2 Å². The lowest BCUT2D eigenvalue weighted by molar-refractivity contribution is -0.119. The number of rotatable bonds is 4. The Balaban J connectivity index is 1.60. The lowest BCUT2D eigenvalue weighted by atomic mass is 10.0. The molecule has 5 heteroatoms. The summed E-state index contributed by atoms with van der Waals surface area (Å²) in [5.74, 6) is 1.20. The molecule has 1 N–H and O–H groups in total. The summed E-state index contributed by atoms with van der Waals surface area (Å²) < 4.78 is 0. The van der Waals surface area contributed by atoms with Crippen molar-refractivity contribution in [1.82, 2.24) is 9.80 Å².